The van der Waals surface area contributed by atoms with Crippen LogP contribution in [-0.4, -0.2) is 131 Å². The first kappa shape index (κ1) is 51.7. The van der Waals surface area contributed by atoms with Gasteiger partial charge in [0.2, 0.25) is 47.3 Å². The lowest BCUT2D eigenvalue weighted by Crippen LogP contribution is -2.60. The van der Waals surface area contributed by atoms with Crippen molar-refractivity contribution < 1.29 is 53.4 Å². The van der Waals surface area contributed by atoms with E-state index in [0.717, 1.165) is 0 Å². The van der Waals surface area contributed by atoms with Gasteiger partial charge in [0.15, 0.2) is 0 Å². The average molecular weight is 852 g/mol. The fraction of sp³-hybridized carbons (Fsp3) is 0.605. The van der Waals surface area contributed by atoms with Crippen LogP contribution in [0.4, 0.5) is 0 Å². The number of carboxylic acid groups (broad SMARTS) is 1. The van der Waals surface area contributed by atoms with Gasteiger partial charge in [-0.15, -0.1) is 0 Å². The van der Waals surface area contributed by atoms with Crippen LogP contribution in [-0.2, 0) is 49.6 Å². The van der Waals surface area contributed by atoms with E-state index in [0.29, 0.717) is 5.56 Å². The van der Waals surface area contributed by atoms with Crippen molar-refractivity contribution in [2.45, 2.75) is 104 Å². The normalized spacial score (nSPS) is 14.7. The van der Waals surface area contributed by atoms with Crippen LogP contribution in [0.2, 0.25) is 0 Å². The van der Waals surface area contributed by atoms with E-state index in [2.05, 4.69) is 55.2 Å². The topological polar surface area (TPSA) is 316 Å². The molecular weight excluding hydrogens is 791 g/mol. The van der Waals surface area contributed by atoms with Crippen LogP contribution in [0, 0.1) is 17.8 Å². The smallest absolute Gasteiger partial charge is 0.326 e. The third-order valence-corrected chi connectivity index (χ3v) is 9.03. The van der Waals surface area contributed by atoms with E-state index < -0.39 is 127 Å². The third-order valence-electron chi connectivity index (χ3n) is 8.66. The summed E-state index contributed by atoms with van der Waals surface area (Å²) in [6, 6.07) is 0.189. The van der Waals surface area contributed by atoms with Gasteiger partial charge in [-0.05, 0) is 36.7 Å². The Morgan fingerprint density at radius 3 is 1.51 bits per heavy atom. The second-order valence-electron chi connectivity index (χ2n) is 15.1. The summed E-state index contributed by atoms with van der Waals surface area (Å²) < 4.78 is 0. The maximum Gasteiger partial charge on any atom is 0.326 e. The van der Waals surface area contributed by atoms with E-state index >= 15 is 0 Å². The second kappa shape index (κ2) is 25.9. The number of hydrogen-bond donors (Lipinski definition) is 12. The molecule has 20 nitrogen and oxygen atoms in total. The van der Waals surface area contributed by atoms with Gasteiger partial charge < -0.3 is 58.5 Å². The van der Waals surface area contributed by atoms with Crippen LogP contribution in [0.3, 0.4) is 0 Å². The molecule has 0 aliphatic rings. The second-order valence-corrected chi connectivity index (χ2v) is 15.4. The van der Waals surface area contributed by atoms with Crippen LogP contribution < -0.4 is 48.3 Å². The molecule has 0 unspecified atom stereocenters. The maximum absolute atomic E-state index is 13.7. The average Bonchev–Trinajstić information content (AvgIpc) is 3.17. The number of carbonyl (C=O) groups excluding carboxylic acids is 8. The highest BCUT2D eigenvalue weighted by molar-refractivity contribution is 7.80. The predicted octanol–water partition coefficient (Wildman–Crippen LogP) is -2.92. The highest BCUT2D eigenvalue weighted by Gasteiger charge is 2.32. The first-order valence-electron chi connectivity index (χ1n) is 19.2. The number of nitrogens with one attached hydrogen (secondary N) is 8. The van der Waals surface area contributed by atoms with Crippen LogP contribution in [0.25, 0.3) is 0 Å². The van der Waals surface area contributed by atoms with Gasteiger partial charge in [0, 0.05) is 12.2 Å². The maximum atomic E-state index is 13.7. The Balaban J connectivity index is 3.03. The van der Waals surface area contributed by atoms with Crippen molar-refractivity contribution in [3.8, 4) is 0 Å². The number of amides is 8. The molecule has 0 bridgehead atoms. The zero-order valence-corrected chi connectivity index (χ0v) is 35.4. The van der Waals surface area contributed by atoms with Crippen LogP contribution in [0.15, 0.2) is 30.3 Å². The fourth-order valence-corrected chi connectivity index (χ4v) is 5.60. The Morgan fingerprint density at radius 1 is 0.593 bits per heavy atom. The van der Waals surface area contributed by atoms with Gasteiger partial charge in [-0.1, -0.05) is 71.9 Å². The molecule has 12 N–H and O–H groups in total. The summed E-state index contributed by atoms with van der Waals surface area (Å²) in [6.45, 7) is 9.44. The number of nitrogens with two attached hydrogens (primary N) is 1. The van der Waals surface area contributed by atoms with Crippen molar-refractivity contribution in [3.63, 3.8) is 0 Å². The first-order valence-corrected chi connectivity index (χ1v) is 19.8. The van der Waals surface area contributed by atoms with Crippen molar-refractivity contribution in [2.75, 3.05) is 25.4 Å². The zero-order valence-electron chi connectivity index (χ0n) is 34.5. The first-order chi connectivity index (χ1) is 27.6. The molecule has 1 rings (SSSR count). The number of carbonyl (C=O) groups is 9. The van der Waals surface area contributed by atoms with Crippen LogP contribution in [0.1, 0.15) is 60.5 Å². The number of aliphatic hydroxyl groups excluding tert-OH is 1. The molecule has 8 amide bonds. The summed E-state index contributed by atoms with van der Waals surface area (Å²) in [5, 5.41) is 38.7. The fourth-order valence-electron chi connectivity index (χ4n) is 5.34. The molecule has 7 atom stereocenters. The molecule has 330 valence electrons. The number of hydrogen-bond acceptors (Lipinski definition) is 12. The summed E-state index contributed by atoms with van der Waals surface area (Å²) in [5.74, 6) is -8.69. The van der Waals surface area contributed by atoms with E-state index in [-0.39, 0.29) is 24.5 Å². The van der Waals surface area contributed by atoms with Crippen molar-refractivity contribution in [3.05, 3.63) is 35.9 Å². The van der Waals surface area contributed by atoms with Gasteiger partial charge in [-0.3, -0.25) is 38.4 Å². The van der Waals surface area contributed by atoms with Gasteiger partial charge in [0.25, 0.3) is 0 Å². The molecule has 59 heavy (non-hydrogen) atoms. The Morgan fingerprint density at radius 2 is 1.05 bits per heavy atom. The third kappa shape index (κ3) is 18.9. The lowest BCUT2D eigenvalue weighted by Gasteiger charge is -2.27. The quantitative estimate of drug-likeness (QED) is 0.0441. The van der Waals surface area contributed by atoms with Gasteiger partial charge in [0.05, 0.1) is 25.7 Å². The van der Waals surface area contributed by atoms with Crippen molar-refractivity contribution in [1.29, 1.82) is 0 Å². The highest BCUT2D eigenvalue weighted by atomic mass is 32.1. The van der Waals surface area contributed by atoms with E-state index in [4.69, 9.17) is 5.73 Å². The van der Waals surface area contributed by atoms with E-state index in [9.17, 15) is 53.4 Å². The zero-order chi connectivity index (χ0) is 45.0. The molecule has 0 aliphatic carbocycles. The summed E-state index contributed by atoms with van der Waals surface area (Å²) in [5.41, 5.74) is 6.24. The molecule has 0 heterocycles. The predicted molar refractivity (Wildman–Crippen MR) is 219 cm³/mol. The molecule has 0 aromatic heterocycles. The van der Waals surface area contributed by atoms with Gasteiger partial charge in [0.1, 0.15) is 36.3 Å². The lowest BCUT2D eigenvalue weighted by molar-refractivity contribution is -0.143. The number of thiol groups is 1. The molecule has 1 aromatic rings. The minimum atomic E-state index is -1.49. The van der Waals surface area contributed by atoms with Gasteiger partial charge >= 0.3 is 5.97 Å². The van der Waals surface area contributed by atoms with Crippen LogP contribution >= 0.6 is 12.6 Å². The summed E-state index contributed by atoms with van der Waals surface area (Å²) in [6.07, 6.45) is 0.171. The number of rotatable bonds is 25. The minimum absolute atomic E-state index is 0.0341. The molecule has 0 saturated heterocycles. The molecule has 0 aliphatic heterocycles. The Labute approximate surface area is 349 Å². The minimum Gasteiger partial charge on any atom is -0.480 e. The van der Waals surface area contributed by atoms with Gasteiger partial charge in [-0.2, -0.15) is 12.6 Å². The van der Waals surface area contributed by atoms with E-state index in [1.807, 2.05) is 13.8 Å². The molecule has 21 heteroatoms. The number of carboxylic acids is 1. The number of aliphatic hydroxyl groups is 1. The molecular formula is C38H61N9O11S. The summed E-state index contributed by atoms with van der Waals surface area (Å²) in [4.78, 5) is 115. The molecule has 0 fully saturated rings. The number of benzene rings is 1. The molecule has 0 spiro atoms. The molecule has 0 saturated carbocycles. The monoisotopic (exact) mass is 851 g/mol. The number of aliphatic carboxylic acids is 1. The van der Waals surface area contributed by atoms with Crippen molar-refractivity contribution >= 4 is 65.9 Å². The highest BCUT2D eigenvalue weighted by Crippen LogP contribution is 2.09. The van der Waals surface area contributed by atoms with Crippen molar-refractivity contribution in [2.24, 2.45) is 23.5 Å². The largest absolute Gasteiger partial charge is 0.480 e. The van der Waals surface area contributed by atoms with Gasteiger partial charge in [-0.25, -0.2) is 4.79 Å². The Bertz CT molecular complexity index is 1610. The van der Waals surface area contributed by atoms with E-state index in [1.54, 1.807) is 58.0 Å². The molecule has 0 radical (unpaired) electrons. The Hall–Kier alpha value is -5.28. The van der Waals surface area contributed by atoms with Crippen LogP contribution in [0.5, 0.6) is 0 Å². The SMILES string of the molecule is CC(C)C[C@H](NC(=O)[C@H](C)N)C(=O)N[C@@H](CO)C(=O)NCC(=O)N[C@H](C(=O)N[C@@H](Cc1ccccc1)C(=O)N[C@@H](CS)C(=O)NCC(=O)N[C@H](C(=O)O)C(C)C)C(C)C. The van der Waals surface area contributed by atoms with E-state index in [1.165, 1.54) is 6.92 Å². The Kier molecular flexibility index (Phi) is 22.8. The summed E-state index contributed by atoms with van der Waals surface area (Å²) >= 11 is 4.15. The molecule has 1 aromatic carbocycles. The standard InChI is InChI=1S/C38H61N9O11S/c1-19(2)13-24(42-32(51)22(7)39)35(54)44-26(17-48)33(52)40-15-28(49)46-30(20(3)4)37(56)43-25(14-23-11-9-8-10-12-23)36(55)45-27(18-59)34(53)41-16-29(50)47-31(21(5)6)38(57)58/h8-12,19-22,24-27,30-31,48,59H,13-18,39H2,1-7H3,(H,40,52)(H,41,53)(H,42,51)(H,43,56)(H,44,54)(H,45,55)(H,46,49)(H,47,50)(H,57,58)/t22-,24-,25-,26-,27-,30-,31-/m0/s1. The lowest BCUT2D eigenvalue weighted by atomic mass is 10.0. The summed E-state index contributed by atoms with van der Waals surface area (Å²) in [7, 11) is 0. The van der Waals surface area contributed by atoms with Crippen molar-refractivity contribution in [1.82, 2.24) is 42.5 Å².